The predicted octanol–water partition coefficient (Wildman–Crippen LogP) is 4.42. The second-order valence-corrected chi connectivity index (χ2v) is 6.97. The quantitative estimate of drug-likeness (QED) is 0.570. The molecule has 0 aliphatic rings. The summed E-state index contributed by atoms with van der Waals surface area (Å²) in [6, 6.07) is 11.5. The van der Waals surface area contributed by atoms with Gasteiger partial charge in [-0.2, -0.15) is 0 Å². The van der Waals surface area contributed by atoms with Gasteiger partial charge in [-0.25, -0.2) is 0 Å². The van der Waals surface area contributed by atoms with E-state index in [1.807, 2.05) is 64.1 Å². The molecule has 2 aromatic rings. The molecule has 0 unspecified atom stereocenters. The lowest BCUT2D eigenvalue weighted by Crippen LogP contribution is -2.26. The number of ether oxygens (including phenoxy) is 2. The zero-order valence-corrected chi connectivity index (χ0v) is 17.8. The van der Waals surface area contributed by atoms with Crippen molar-refractivity contribution in [1.82, 2.24) is 5.32 Å². The van der Waals surface area contributed by atoms with E-state index in [1.54, 1.807) is 0 Å². The highest BCUT2D eigenvalue weighted by Crippen LogP contribution is 2.28. The molecule has 29 heavy (non-hydrogen) atoms. The molecule has 5 heteroatoms. The minimum atomic E-state index is -0.113. The second-order valence-electron chi connectivity index (χ2n) is 6.97. The first-order chi connectivity index (χ1) is 13.9. The number of nitrogens with one attached hydrogen (secondary N) is 1. The normalized spacial score (nSPS) is 10.5. The summed E-state index contributed by atoms with van der Waals surface area (Å²) in [4.78, 5) is 24.4. The van der Waals surface area contributed by atoms with Crippen LogP contribution in [0.25, 0.3) is 0 Å². The molecule has 0 aliphatic carbocycles. The average molecular weight is 398 g/mol. The smallest absolute Gasteiger partial charge is 0.220 e. The topological polar surface area (TPSA) is 64.6 Å². The second kappa shape index (κ2) is 11.2. The van der Waals surface area contributed by atoms with Gasteiger partial charge in [0.2, 0.25) is 5.91 Å². The maximum Gasteiger partial charge on any atom is 0.220 e. The van der Waals surface area contributed by atoms with Crippen LogP contribution in [0.1, 0.15) is 53.7 Å². The van der Waals surface area contributed by atoms with E-state index in [0.29, 0.717) is 31.7 Å². The molecule has 0 fully saturated rings. The van der Waals surface area contributed by atoms with E-state index in [9.17, 15) is 9.59 Å². The molecule has 1 amide bonds. The highest BCUT2D eigenvalue weighted by Gasteiger charge is 2.11. The lowest BCUT2D eigenvalue weighted by molar-refractivity contribution is -0.121. The van der Waals surface area contributed by atoms with Crippen LogP contribution in [0.5, 0.6) is 11.5 Å². The molecule has 156 valence electrons. The maximum atomic E-state index is 12.3. The largest absolute Gasteiger partial charge is 0.490 e. The van der Waals surface area contributed by atoms with Crippen LogP contribution in [0.3, 0.4) is 0 Å². The molecule has 0 saturated heterocycles. The zero-order chi connectivity index (χ0) is 21.2. The van der Waals surface area contributed by atoms with Gasteiger partial charge in [-0.1, -0.05) is 18.2 Å². The fraction of sp³-hybridized carbons (Fsp3) is 0.417. The number of hydrogen-bond donors (Lipinski definition) is 1. The van der Waals surface area contributed by atoms with Gasteiger partial charge < -0.3 is 14.8 Å². The van der Waals surface area contributed by atoms with Gasteiger partial charge in [0.1, 0.15) is 0 Å². The lowest BCUT2D eigenvalue weighted by Gasteiger charge is -2.12. The van der Waals surface area contributed by atoms with Crippen LogP contribution in [0.15, 0.2) is 36.4 Å². The Bertz CT molecular complexity index is 845. The van der Waals surface area contributed by atoms with E-state index in [-0.39, 0.29) is 24.5 Å². The van der Waals surface area contributed by atoms with Crippen molar-refractivity contribution in [1.29, 1.82) is 0 Å². The minimum Gasteiger partial charge on any atom is -0.490 e. The zero-order valence-electron chi connectivity index (χ0n) is 17.8. The third kappa shape index (κ3) is 6.93. The SMILES string of the molecule is CCOc1ccc(CCNC(=O)CCC(=O)c2ccc(C)c(C)c2)cc1OCC. The summed E-state index contributed by atoms with van der Waals surface area (Å²) in [5.74, 6) is 1.33. The molecule has 0 atom stereocenters. The summed E-state index contributed by atoms with van der Waals surface area (Å²) in [5, 5.41) is 2.89. The Balaban J connectivity index is 1.79. The van der Waals surface area contributed by atoms with Crippen molar-refractivity contribution in [3.63, 3.8) is 0 Å². The molecule has 0 spiro atoms. The monoisotopic (exact) mass is 397 g/mol. The predicted molar refractivity (Wildman–Crippen MR) is 115 cm³/mol. The van der Waals surface area contributed by atoms with Crippen LogP contribution in [0.4, 0.5) is 0 Å². The number of rotatable bonds is 11. The van der Waals surface area contributed by atoms with Crippen molar-refractivity contribution in [3.8, 4) is 11.5 Å². The van der Waals surface area contributed by atoms with E-state index >= 15 is 0 Å². The van der Waals surface area contributed by atoms with Crippen LogP contribution < -0.4 is 14.8 Å². The van der Waals surface area contributed by atoms with Gasteiger partial charge in [-0.15, -0.1) is 0 Å². The summed E-state index contributed by atoms with van der Waals surface area (Å²) in [5.41, 5.74) is 3.96. The van der Waals surface area contributed by atoms with Crippen LogP contribution in [-0.2, 0) is 11.2 Å². The molecular formula is C24H31NO4. The molecule has 0 heterocycles. The molecule has 2 aromatic carbocycles. The molecule has 0 bridgehead atoms. The Hall–Kier alpha value is -2.82. The number of aryl methyl sites for hydroxylation is 2. The Morgan fingerprint density at radius 3 is 2.28 bits per heavy atom. The third-order valence-corrected chi connectivity index (χ3v) is 4.75. The van der Waals surface area contributed by atoms with Crippen molar-refractivity contribution in [2.45, 2.75) is 47.0 Å². The summed E-state index contributed by atoms with van der Waals surface area (Å²) >= 11 is 0. The maximum absolute atomic E-state index is 12.3. The Kier molecular flexibility index (Phi) is 8.71. The molecule has 0 aliphatic heterocycles. The van der Waals surface area contributed by atoms with Crippen molar-refractivity contribution < 1.29 is 19.1 Å². The molecule has 0 radical (unpaired) electrons. The van der Waals surface area contributed by atoms with Gasteiger partial charge in [-0.05, 0) is 69.0 Å². The number of carbonyl (C=O) groups excluding carboxylic acids is 2. The Morgan fingerprint density at radius 2 is 1.59 bits per heavy atom. The fourth-order valence-corrected chi connectivity index (χ4v) is 2.97. The van der Waals surface area contributed by atoms with E-state index < -0.39 is 0 Å². The van der Waals surface area contributed by atoms with Gasteiger partial charge in [0.05, 0.1) is 13.2 Å². The summed E-state index contributed by atoms with van der Waals surface area (Å²) in [6.07, 6.45) is 1.09. The van der Waals surface area contributed by atoms with Crippen molar-refractivity contribution >= 4 is 11.7 Å². The van der Waals surface area contributed by atoms with Crippen LogP contribution in [0, 0.1) is 13.8 Å². The van der Waals surface area contributed by atoms with Gasteiger partial charge in [0.15, 0.2) is 17.3 Å². The fourth-order valence-electron chi connectivity index (χ4n) is 2.97. The van der Waals surface area contributed by atoms with Gasteiger partial charge in [-0.3, -0.25) is 9.59 Å². The van der Waals surface area contributed by atoms with E-state index in [0.717, 1.165) is 28.2 Å². The summed E-state index contributed by atoms with van der Waals surface area (Å²) in [7, 11) is 0. The van der Waals surface area contributed by atoms with Crippen LogP contribution in [0.2, 0.25) is 0 Å². The Labute approximate surface area is 173 Å². The molecule has 2 rings (SSSR count). The van der Waals surface area contributed by atoms with Crippen molar-refractivity contribution in [3.05, 3.63) is 58.7 Å². The molecular weight excluding hydrogens is 366 g/mol. The van der Waals surface area contributed by atoms with Gasteiger partial charge >= 0.3 is 0 Å². The highest BCUT2D eigenvalue weighted by molar-refractivity contribution is 5.98. The summed E-state index contributed by atoms with van der Waals surface area (Å²) < 4.78 is 11.2. The Morgan fingerprint density at radius 1 is 0.862 bits per heavy atom. The molecule has 5 nitrogen and oxygen atoms in total. The van der Waals surface area contributed by atoms with E-state index in [4.69, 9.17) is 9.47 Å². The average Bonchev–Trinajstić information content (AvgIpc) is 2.70. The van der Waals surface area contributed by atoms with Gasteiger partial charge in [0.25, 0.3) is 0 Å². The number of benzene rings is 2. The summed E-state index contributed by atoms with van der Waals surface area (Å²) in [6.45, 7) is 9.52. The van der Waals surface area contributed by atoms with E-state index in [1.165, 1.54) is 0 Å². The van der Waals surface area contributed by atoms with Crippen LogP contribution in [-0.4, -0.2) is 31.4 Å². The standard InChI is InChI=1S/C24H31NO4/c1-5-28-22-11-8-19(16-23(22)29-6-2)13-14-25-24(27)12-10-21(26)20-9-7-17(3)18(4)15-20/h7-9,11,15-16H,5-6,10,12-14H2,1-4H3,(H,25,27). The first kappa shape index (κ1) is 22.5. The number of hydrogen-bond acceptors (Lipinski definition) is 4. The minimum absolute atomic E-state index is 0.00359. The van der Waals surface area contributed by atoms with Crippen molar-refractivity contribution in [2.24, 2.45) is 0 Å². The molecule has 0 aromatic heterocycles. The first-order valence-electron chi connectivity index (χ1n) is 10.2. The number of ketones is 1. The third-order valence-electron chi connectivity index (χ3n) is 4.75. The van der Waals surface area contributed by atoms with Gasteiger partial charge in [0, 0.05) is 24.9 Å². The first-order valence-corrected chi connectivity index (χ1v) is 10.2. The number of carbonyl (C=O) groups is 2. The lowest BCUT2D eigenvalue weighted by atomic mass is 10.0. The number of Topliss-reactive ketones (excluding diaryl/α,β-unsaturated/α-hetero) is 1. The van der Waals surface area contributed by atoms with E-state index in [2.05, 4.69) is 5.32 Å². The number of amides is 1. The van der Waals surface area contributed by atoms with Crippen LogP contribution >= 0.6 is 0 Å². The molecule has 1 N–H and O–H groups in total. The highest BCUT2D eigenvalue weighted by atomic mass is 16.5. The molecule has 0 saturated carbocycles. The van der Waals surface area contributed by atoms with Crippen molar-refractivity contribution in [2.75, 3.05) is 19.8 Å².